The van der Waals surface area contributed by atoms with Gasteiger partial charge in [0.2, 0.25) is 18.6 Å². The lowest BCUT2D eigenvalue weighted by Crippen LogP contribution is -2.50. The van der Waals surface area contributed by atoms with E-state index in [1.807, 2.05) is 91.0 Å². The highest BCUT2D eigenvalue weighted by molar-refractivity contribution is 6.30. The van der Waals surface area contributed by atoms with E-state index in [1.54, 1.807) is 17.0 Å². The Morgan fingerprint density at radius 2 is 1.41 bits per heavy atom. The Bertz CT molecular complexity index is 1410. The van der Waals surface area contributed by atoms with Crippen LogP contribution in [0.25, 0.3) is 0 Å². The molecule has 0 spiro atoms. The lowest BCUT2D eigenvalue weighted by molar-refractivity contribution is -0.140. The van der Waals surface area contributed by atoms with Crippen LogP contribution in [0.5, 0.6) is 11.5 Å². The van der Waals surface area contributed by atoms with Gasteiger partial charge in [-0.25, -0.2) is 0 Å². The number of nitrogens with zero attached hydrogens (tertiary/aromatic N) is 1. The zero-order chi connectivity index (χ0) is 27.0. The zero-order valence-electron chi connectivity index (χ0n) is 21.4. The molecular formula is C32H29ClN2O4. The van der Waals surface area contributed by atoms with E-state index in [0.29, 0.717) is 36.0 Å². The van der Waals surface area contributed by atoms with Crippen molar-refractivity contribution in [2.75, 3.05) is 6.79 Å². The van der Waals surface area contributed by atoms with Gasteiger partial charge in [0, 0.05) is 24.5 Å². The molecule has 0 radical (unpaired) electrons. The number of halogens is 1. The van der Waals surface area contributed by atoms with Crippen molar-refractivity contribution in [2.45, 2.75) is 32.0 Å². The summed E-state index contributed by atoms with van der Waals surface area (Å²) in [6, 6.07) is 31.6. The van der Waals surface area contributed by atoms with Crippen LogP contribution in [0.1, 0.15) is 22.3 Å². The van der Waals surface area contributed by atoms with Crippen molar-refractivity contribution in [3.05, 3.63) is 130 Å². The van der Waals surface area contributed by atoms with Crippen LogP contribution in [0.3, 0.4) is 0 Å². The molecule has 1 aliphatic rings. The van der Waals surface area contributed by atoms with E-state index in [0.717, 1.165) is 22.3 Å². The number of rotatable bonds is 10. The quantitative estimate of drug-likeness (QED) is 0.286. The summed E-state index contributed by atoms with van der Waals surface area (Å²) < 4.78 is 10.9. The van der Waals surface area contributed by atoms with E-state index >= 15 is 0 Å². The molecule has 6 nitrogen and oxygen atoms in total. The molecule has 5 rings (SSSR count). The summed E-state index contributed by atoms with van der Waals surface area (Å²) in [6.07, 6.45) is 0.539. The molecule has 0 saturated carbocycles. The van der Waals surface area contributed by atoms with Gasteiger partial charge >= 0.3 is 0 Å². The summed E-state index contributed by atoms with van der Waals surface area (Å²) in [7, 11) is 0. The van der Waals surface area contributed by atoms with Crippen LogP contribution in [0.15, 0.2) is 103 Å². The number of amides is 2. The lowest BCUT2D eigenvalue weighted by Gasteiger charge is -2.31. The lowest BCUT2D eigenvalue weighted by atomic mass is 10.0. The molecule has 2 amide bonds. The van der Waals surface area contributed by atoms with E-state index in [1.165, 1.54) is 0 Å². The monoisotopic (exact) mass is 540 g/mol. The van der Waals surface area contributed by atoms with Gasteiger partial charge in [0.15, 0.2) is 11.5 Å². The second kappa shape index (κ2) is 12.5. The van der Waals surface area contributed by atoms with Crippen LogP contribution in [-0.2, 0) is 35.5 Å². The number of carbonyl (C=O) groups excluding carboxylic acids is 2. The first-order chi connectivity index (χ1) is 19.0. The summed E-state index contributed by atoms with van der Waals surface area (Å²) in [5, 5.41) is 3.66. The first-order valence-corrected chi connectivity index (χ1v) is 13.2. The maximum Gasteiger partial charge on any atom is 0.243 e. The van der Waals surface area contributed by atoms with Crippen LogP contribution in [0.4, 0.5) is 0 Å². The number of hydrogen-bond acceptors (Lipinski definition) is 4. The topological polar surface area (TPSA) is 67.9 Å². The van der Waals surface area contributed by atoms with Gasteiger partial charge in [-0.3, -0.25) is 9.59 Å². The first-order valence-electron chi connectivity index (χ1n) is 12.8. The van der Waals surface area contributed by atoms with Crippen LogP contribution in [0.2, 0.25) is 5.02 Å². The van der Waals surface area contributed by atoms with Crippen molar-refractivity contribution in [1.29, 1.82) is 0 Å². The normalized spacial score (nSPS) is 12.5. The molecule has 7 heteroatoms. The highest BCUT2D eigenvalue weighted by Gasteiger charge is 2.30. The van der Waals surface area contributed by atoms with Gasteiger partial charge in [-0.05, 0) is 46.5 Å². The van der Waals surface area contributed by atoms with Gasteiger partial charge < -0.3 is 19.7 Å². The predicted octanol–water partition coefficient (Wildman–Crippen LogP) is 5.57. The number of benzene rings is 4. The standard InChI is InChI=1S/C32H29ClN2O4/c33-27-14-11-24(12-15-27)19-31(36)35(21-25-9-5-2-6-10-25)28(17-23-7-3-1-4-8-23)32(37)34-20-26-13-16-29-30(18-26)39-22-38-29/h1-16,18,28H,17,19-22H2,(H,34,37)/t28-/m0/s1. The summed E-state index contributed by atoms with van der Waals surface area (Å²) in [5.41, 5.74) is 3.64. The minimum absolute atomic E-state index is 0.139. The third-order valence-corrected chi connectivity index (χ3v) is 6.89. The van der Waals surface area contributed by atoms with Crippen molar-refractivity contribution in [2.24, 2.45) is 0 Å². The summed E-state index contributed by atoms with van der Waals surface area (Å²) in [6.45, 7) is 0.794. The van der Waals surface area contributed by atoms with Crippen molar-refractivity contribution < 1.29 is 19.1 Å². The molecule has 39 heavy (non-hydrogen) atoms. The number of carbonyl (C=O) groups is 2. The molecule has 0 aliphatic carbocycles. The molecule has 1 atom stereocenters. The molecule has 4 aromatic rings. The zero-order valence-corrected chi connectivity index (χ0v) is 22.1. The summed E-state index contributed by atoms with van der Waals surface area (Å²) >= 11 is 6.05. The fourth-order valence-corrected chi connectivity index (χ4v) is 4.70. The minimum Gasteiger partial charge on any atom is -0.454 e. The molecule has 0 bridgehead atoms. The average Bonchev–Trinajstić information content (AvgIpc) is 3.44. The Kier molecular flexibility index (Phi) is 8.44. The number of nitrogens with one attached hydrogen (secondary N) is 1. The fraction of sp³-hybridized carbons (Fsp3) is 0.188. The van der Waals surface area contributed by atoms with Gasteiger partial charge in [-0.2, -0.15) is 0 Å². The molecule has 0 fully saturated rings. The molecule has 1 heterocycles. The Morgan fingerprint density at radius 1 is 0.769 bits per heavy atom. The largest absolute Gasteiger partial charge is 0.454 e. The predicted molar refractivity (Wildman–Crippen MR) is 150 cm³/mol. The molecular weight excluding hydrogens is 512 g/mol. The average molecular weight is 541 g/mol. The second-order valence-corrected chi connectivity index (χ2v) is 9.86. The van der Waals surface area contributed by atoms with Crippen LogP contribution in [-0.4, -0.2) is 29.5 Å². The van der Waals surface area contributed by atoms with E-state index < -0.39 is 6.04 Å². The van der Waals surface area contributed by atoms with Gasteiger partial charge in [0.25, 0.3) is 0 Å². The van der Waals surface area contributed by atoms with E-state index in [9.17, 15) is 9.59 Å². The minimum atomic E-state index is -0.721. The molecule has 1 N–H and O–H groups in total. The molecule has 198 valence electrons. The molecule has 4 aromatic carbocycles. The Labute approximate surface area is 233 Å². The molecule has 0 unspecified atom stereocenters. The third-order valence-electron chi connectivity index (χ3n) is 6.64. The smallest absolute Gasteiger partial charge is 0.243 e. The maximum absolute atomic E-state index is 13.8. The van der Waals surface area contributed by atoms with Gasteiger partial charge in [0.05, 0.1) is 6.42 Å². The van der Waals surface area contributed by atoms with Crippen molar-refractivity contribution in [3.63, 3.8) is 0 Å². The Hall–Kier alpha value is -4.29. The molecule has 0 aromatic heterocycles. The SMILES string of the molecule is O=C(NCc1ccc2c(c1)OCO2)[C@H](Cc1ccccc1)N(Cc1ccccc1)C(=O)Cc1ccc(Cl)cc1. The van der Waals surface area contributed by atoms with Gasteiger partial charge in [-0.15, -0.1) is 0 Å². The summed E-state index contributed by atoms with van der Waals surface area (Å²) in [5.74, 6) is 0.984. The molecule has 0 saturated heterocycles. The third kappa shape index (κ3) is 6.98. The highest BCUT2D eigenvalue weighted by atomic mass is 35.5. The van der Waals surface area contributed by atoms with Crippen LogP contribution >= 0.6 is 11.6 Å². The van der Waals surface area contributed by atoms with E-state index in [-0.39, 0.29) is 25.0 Å². The van der Waals surface area contributed by atoms with Gasteiger partial charge in [-0.1, -0.05) is 90.5 Å². The summed E-state index contributed by atoms with van der Waals surface area (Å²) in [4.78, 5) is 29.3. The number of ether oxygens (including phenoxy) is 2. The van der Waals surface area contributed by atoms with Crippen LogP contribution in [0, 0.1) is 0 Å². The number of hydrogen-bond donors (Lipinski definition) is 1. The van der Waals surface area contributed by atoms with Crippen molar-refractivity contribution >= 4 is 23.4 Å². The number of fused-ring (bicyclic) bond motifs is 1. The van der Waals surface area contributed by atoms with E-state index in [2.05, 4.69) is 5.32 Å². The van der Waals surface area contributed by atoms with Crippen molar-refractivity contribution in [1.82, 2.24) is 10.2 Å². The fourth-order valence-electron chi connectivity index (χ4n) is 4.57. The Balaban J connectivity index is 1.41. The second-order valence-electron chi connectivity index (χ2n) is 9.42. The van der Waals surface area contributed by atoms with E-state index in [4.69, 9.17) is 21.1 Å². The van der Waals surface area contributed by atoms with Gasteiger partial charge in [0.1, 0.15) is 6.04 Å². The first kappa shape index (κ1) is 26.3. The van der Waals surface area contributed by atoms with Crippen LogP contribution < -0.4 is 14.8 Å². The Morgan fingerprint density at radius 3 is 2.13 bits per heavy atom. The maximum atomic E-state index is 13.8. The molecule has 1 aliphatic heterocycles. The highest BCUT2D eigenvalue weighted by Crippen LogP contribution is 2.32. The van der Waals surface area contributed by atoms with Crippen molar-refractivity contribution in [3.8, 4) is 11.5 Å².